The predicted molar refractivity (Wildman–Crippen MR) is 153 cm³/mol. The summed E-state index contributed by atoms with van der Waals surface area (Å²) in [5.41, 5.74) is 4.02. The number of ether oxygens (including phenoxy) is 1. The van der Waals surface area contributed by atoms with E-state index in [0.29, 0.717) is 37.0 Å². The second-order valence-corrected chi connectivity index (χ2v) is 12.7. The lowest BCUT2D eigenvalue weighted by Gasteiger charge is -2.38. The molecule has 38 heavy (non-hydrogen) atoms. The number of piperidine rings is 1. The number of benzene rings is 2. The average Bonchev–Trinajstić information content (AvgIpc) is 3.41. The lowest BCUT2D eigenvalue weighted by molar-refractivity contribution is 0.0205. The van der Waals surface area contributed by atoms with Crippen LogP contribution in [0.25, 0.3) is 10.9 Å². The smallest absolute Gasteiger partial charge is 0.410 e. The maximum atomic E-state index is 13.1. The van der Waals surface area contributed by atoms with Gasteiger partial charge in [0.15, 0.2) is 0 Å². The molecular weight excluding hydrogens is 544 g/mol. The lowest BCUT2D eigenvalue weighted by atomic mass is 9.88. The molecular formula is C30H35BrN4O3. The van der Waals surface area contributed by atoms with Crippen LogP contribution in [0, 0.1) is 0 Å². The van der Waals surface area contributed by atoms with E-state index in [0.717, 1.165) is 41.6 Å². The van der Waals surface area contributed by atoms with Crippen molar-refractivity contribution in [3.05, 3.63) is 62.4 Å². The Morgan fingerprint density at radius 2 is 1.79 bits per heavy atom. The minimum absolute atomic E-state index is 0.182. The Balaban J connectivity index is 1.33. The Morgan fingerprint density at radius 3 is 2.50 bits per heavy atom. The highest BCUT2D eigenvalue weighted by Gasteiger charge is 2.34. The van der Waals surface area contributed by atoms with Crippen LogP contribution >= 0.6 is 15.9 Å². The molecule has 6 rings (SSSR count). The summed E-state index contributed by atoms with van der Waals surface area (Å²) in [5, 5.41) is 0.636. The van der Waals surface area contributed by atoms with Gasteiger partial charge in [-0.3, -0.25) is 4.79 Å². The van der Waals surface area contributed by atoms with E-state index in [2.05, 4.69) is 48.6 Å². The SMILES string of the molecule is CC(C)(C)OC(=O)N1CCC(c2ccc3c(c2)Cn2c(nc(=O)c4c(Br)cccc42)N3C2CCCC2)CC1. The number of halogens is 1. The van der Waals surface area contributed by atoms with Crippen molar-refractivity contribution in [1.82, 2.24) is 14.5 Å². The van der Waals surface area contributed by atoms with Crippen LogP contribution in [0.1, 0.15) is 76.3 Å². The summed E-state index contributed by atoms with van der Waals surface area (Å²) in [6.45, 7) is 7.81. The third kappa shape index (κ3) is 4.61. The van der Waals surface area contributed by atoms with Gasteiger partial charge in [0.1, 0.15) is 5.60 Å². The molecule has 2 fully saturated rings. The van der Waals surface area contributed by atoms with Crippen LogP contribution in [0.3, 0.4) is 0 Å². The Morgan fingerprint density at radius 1 is 1.05 bits per heavy atom. The molecule has 1 saturated carbocycles. The fraction of sp³-hybridized carbons (Fsp3) is 0.500. The average molecular weight is 580 g/mol. The Bertz CT molecular complexity index is 1450. The van der Waals surface area contributed by atoms with Gasteiger partial charge < -0.3 is 19.1 Å². The maximum Gasteiger partial charge on any atom is 0.410 e. The fourth-order valence-corrected chi connectivity index (χ4v) is 6.87. The molecule has 3 aromatic rings. The lowest BCUT2D eigenvalue weighted by Crippen LogP contribution is -2.41. The van der Waals surface area contributed by atoms with Crippen molar-refractivity contribution in [1.29, 1.82) is 0 Å². The van der Waals surface area contributed by atoms with E-state index in [4.69, 9.17) is 4.74 Å². The molecule has 0 N–H and O–H groups in total. The summed E-state index contributed by atoms with van der Waals surface area (Å²) in [7, 11) is 0. The second-order valence-electron chi connectivity index (χ2n) is 11.9. The van der Waals surface area contributed by atoms with Crippen molar-refractivity contribution in [2.75, 3.05) is 18.0 Å². The van der Waals surface area contributed by atoms with Crippen LogP contribution in [0.4, 0.5) is 16.4 Å². The highest BCUT2D eigenvalue weighted by Crippen LogP contribution is 2.42. The van der Waals surface area contributed by atoms with Crippen LogP contribution in [0.15, 0.2) is 45.7 Å². The van der Waals surface area contributed by atoms with E-state index >= 15 is 0 Å². The van der Waals surface area contributed by atoms with Crippen LogP contribution < -0.4 is 10.5 Å². The van der Waals surface area contributed by atoms with E-state index in [-0.39, 0.29) is 11.7 Å². The zero-order valence-corrected chi connectivity index (χ0v) is 24.0. The molecule has 1 aliphatic carbocycles. The maximum absolute atomic E-state index is 13.1. The number of amides is 1. The highest BCUT2D eigenvalue weighted by molar-refractivity contribution is 9.10. The molecule has 7 nitrogen and oxygen atoms in total. The molecule has 0 spiro atoms. The van der Waals surface area contributed by atoms with Gasteiger partial charge >= 0.3 is 6.09 Å². The number of nitrogens with zero attached hydrogens (tertiary/aromatic N) is 4. The summed E-state index contributed by atoms with van der Waals surface area (Å²) < 4.78 is 8.59. The molecule has 1 saturated heterocycles. The number of rotatable bonds is 2. The molecule has 2 aliphatic heterocycles. The summed E-state index contributed by atoms with van der Waals surface area (Å²) >= 11 is 3.58. The van der Waals surface area contributed by atoms with Crippen molar-refractivity contribution in [3.63, 3.8) is 0 Å². The highest BCUT2D eigenvalue weighted by atomic mass is 79.9. The number of carbonyl (C=O) groups is 1. The van der Waals surface area contributed by atoms with E-state index in [1.165, 1.54) is 29.7 Å². The van der Waals surface area contributed by atoms with Gasteiger partial charge in [-0.1, -0.05) is 31.0 Å². The van der Waals surface area contributed by atoms with Crippen molar-refractivity contribution in [2.45, 2.75) is 83.4 Å². The standard InChI is InChI=1S/C30H35BrN4O3/c1-30(2,3)38-29(37)33-15-13-19(14-16-33)20-11-12-24-21(17-20)18-34-25-10-6-9-23(31)26(25)27(36)32-28(34)35(24)22-7-4-5-8-22/h6,9-12,17,19,22H,4-5,7-8,13-16,18H2,1-3H3. The Hall–Kier alpha value is -2.87. The molecule has 8 heteroatoms. The minimum Gasteiger partial charge on any atom is -0.444 e. The monoisotopic (exact) mass is 578 g/mol. The van der Waals surface area contributed by atoms with Crippen LogP contribution in [-0.2, 0) is 11.3 Å². The molecule has 1 amide bonds. The zero-order chi connectivity index (χ0) is 26.6. The number of fused-ring (bicyclic) bond motifs is 4. The molecule has 0 unspecified atom stereocenters. The molecule has 3 heterocycles. The number of carbonyl (C=O) groups excluding carboxylic acids is 1. The van der Waals surface area contributed by atoms with Gasteiger partial charge in [0.25, 0.3) is 5.56 Å². The summed E-state index contributed by atoms with van der Waals surface area (Å²) in [6.07, 6.45) is 6.25. The number of anilines is 2. The molecule has 0 atom stereocenters. The Kier molecular flexibility index (Phi) is 6.49. The molecule has 1 aromatic heterocycles. The zero-order valence-electron chi connectivity index (χ0n) is 22.4. The van der Waals surface area contributed by atoms with Gasteiger partial charge in [-0.25, -0.2) is 4.79 Å². The summed E-state index contributed by atoms with van der Waals surface area (Å²) in [5.74, 6) is 1.16. The van der Waals surface area contributed by atoms with Gasteiger partial charge in [-0.15, -0.1) is 0 Å². The van der Waals surface area contributed by atoms with E-state index in [9.17, 15) is 9.59 Å². The topological polar surface area (TPSA) is 67.7 Å². The number of hydrogen-bond donors (Lipinski definition) is 0. The van der Waals surface area contributed by atoms with Crippen molar-refractivity contribution in [3.8, 4) is 0 Å². The molecule has 2 aromatic carbocycles. The third-order valence-corrected chi connectivity index (χ3v) is 8.81. The number of likely N-dealkylation sites (tertiary alicyclic amines) is 1. The van der Waals surface area contributed by atoms with Gasteiger partial charge in [0.05, 0.1) is 17.4 Å². The quantitative estimate of drug-likeness (QED) is 0.338. The first-order valence-corrected chi connectivity index (χ1v) is 14.6. The first kappa shape index (κ1) is 25.4. The fourth-order valence-electron chi connectivity index (χ4n) is 6.35. The minimum atomic E-state index is -0.479. The van der Waals surface area contributed by atoms with E-state index < -0.39 is 5.60 Å². The second kappa shape index (κ2) is 9.70. The van der Waals surface area contributed by atoms with Crippen molar-refractivity contribution in [2.24, 2.45) is 0 Å². The van der Waals surface area contributed by atoms with Crippen LogP contribution in [0.2, 0.25) is 0 Å². The molecule has 0 bridgehead atoms. The molecule has 3 aliphatic rings. The third-order valence-electron chi connectivity index (χ3n) is 8.15. The van der Waals surface area contributed by atoms with Crippen molar-refractivity contribution >= 4 is 44.6 Å². The first-order chi connectivity index (χ1) is 18.2. The van der Waals surface area contributed by atoms with Crippen LogP contribution in [0.5, 0.6) is 0 Å². The normalized spacial score (nSPS) is 18.5. The van der Waals surface area contributed by atoms with Crippen LogP contribution in [-0.4, -0.2) is 45.3 Å². The molecule has 0 radical (unpaired) electrons. The predicted octanol–water partition coefficient (Wildman–Crippen LogP) is 6.72. The summed E-state index contributed by atoms with van der Waals surface area (Å²) in [6, 6.07) is 13.1. The first-order valence-electron chi connectivity index (χ1n) is 13.8. The van der Waals surface area contributed by atoms with Gasteiger partial charge in [-0.05, 0) is 97.6 Å². The number of aromatic nitrogens is 2. The largest absolute Gasteiger partial charge is 0.444 e. The van der Waals surface area contributed by atoms with Gasteiger partial charge in [0.2, 0.25) is 5.95 Å². The van der Waals surface area contributed by atoms with Gasteiger partial charge in [0, 0.05) is 29.3 Å². The van der Waals surface area contributed by atoms with Crippen molar-refractivity contribution < 1.29 is 9.53 Å². The van der Waals surface area contributed by atoms with E-state index in [1.54, 1.807) is 0 Å². The Labute approximate surface area is 231 Å². The molecule has 200 valence electrons. The van der Waals surface area contributed by atoms with E-state index in [1.807, 2.05) is 43.9 Å². The summed E-state index contributed by atoms with van der Waals surface area (Å²) in [4.78, 5) is 34.5. The van der Waals surface area contributed by atoms with Gasteiger partial charge in [-0.2, -0.15) is 4.98 Å². The number of hydrogen-bond acceptors (Lipinski definition) is 5.